The molecule has 2 aromatic rings. The highest BCUT2D eigenvalue weighted by Crippen LogP contribution is 2.38. The maximum Gasteiger partial charge on any atom is 0.410 e. The van der Waals surface area contributed by atoms with Gasteiger partial charge in [0.2, 0.25) is 0 Å². The van der Waals surface area contributed by atoms with Crippen LogP contribution < -0.4 is 9.64 Å². The van der Waals surface area contributed by atoms with Crippen LogP contribution in [0, 0.1) is 0 Å². The van der Waals surface area contributed by atoms with E-state index in [9.17, 15) is 14.4 Å². The summed E-state index contributed by atoms with van der Waals surface area (Å²) in [4.78, 5) is 40.0. The summed E-state index contributed by atoms with van der Waals surface area (Å²) in [6.07, 6.45) is 1.27. The number of likely N-dealkylation sites (tertiary alicyclic amines) is 1. The Morgan fingerprint density at radius 3 is 2.58 bits per heavy atom. The van der Waals surface area contributed by atoms with Crippen molar-refractivity contribution in [1.29, 1.82) is 0 Å². The van der Waals surface area contributed by atoms with Crippen LogP contribution in [0.15, 0.2) is 66.1 Å². The first kappa shape index (κ1) is 21.0. The zero-order valence-corrected chi connectivity index (χ0v) is 17.7. The molecule has 0 bridgehead atoms. The number of benzene rings is 2. The van der Waals surface area contributed by atoms with Crippen molar-refractivity contribution < 1.29 is 23.9 Å². The van der Waals surface area contributed by atoms with Crippen molar-refractivity contribution in [2.24, 2.45) is 0 Å². The van der Waals surface area contributed by atoms with Gasteiger partial charge in [0.1, 0.15) is 19.0 Å². The quantitative estimate of drug-likeness (QED) is 0.615. The minimum absolute atomic E-state index is 0.148. The highest BCUT2D eigenvalue weighted by Gasteiger charge is 2.37. The normalized spacial score (nSPS) is 18.6. The highest BCUT2D eigenvalue weighted by molar-refractivity contribution is 8.18. The van der Waals surface area contributed by atoms with Gasteiger partial charge in [0.25, 0.3) is 11.1 Å². The van der Waals surface area contributed by atoms with Gasteiger partial charge in [-0.3, -0.25) is 9.59 Å². The summed E-state index contributed by atoms with van der Waals surface area (Å²) in [7, 11) is 0. The number of ether oxygens (including phenoxy) is 2. The van der Waals surface area contributed by atoms with Crippen LogP contribution in [0.4, 0.5) is 15.3 Å². The molecule has 0 radical (unpaired) electrons. The number of hydrogen-bond acceptors (Lipinski definition) is 6. The Bertz CT molecular complexity index is 1010. The Hall–Kier alpha value is -3.26. The molecule has 4 rings (SSSR count). The number of nitrogens with zero attached hydrogens (tertiary/aromatic N) is 2. The fourth-order valence-corrected chi connectivity index (χ4v) is 4.27. The van der Waals surface area contributed by atoms with Gasteiger partial charge in [0.05, 0.1) is 16.6 Å². The summed E-state index contributed by atoms with van der Waals surface area (Å²) in [5.74, 6) is -0.0398. The lowest BCUT2D eigenvalue weighted by Gasteiger charge is -2.25. The van der Waals surface area contributed by atoms with Crippen molar-refractivity contribution in [3.8, 4) is 5.75 Å². The lowest BCUT2D eigenvalue weighted by atomic mass is 10.2. The Balaban J connectivity index is 1.40. The second-order valence-corrected chi connectivity index (χ2v) is 8.29. The van der Waals surface area contributed by atoms with Gasteiger partial charge in [-0.25, -0.2) is 9.69 Å². The van der Waals surface area contributed by atoms with Crippen LogP contribution in [-0.2, 0) is 16.1 Å². The first-order valence-corrected chi connectivity index (χ1v) is 10.8. The summed E-state index contributed by atoms with van der Waals surface area (Å²) in [6, 6.07) is 16.2. The highest BCUT2D eigenvalue weighted by atomic mass is 32.2. The summed E-state index contributed by atoms with van der Waals surface area (Å²) < 4.78 is 11.4. The number of amides is 3. The molecule has 2 aromatic carbocycles. The van der Waals surface area contributed by atoms with E-state index >= 15 is 0 Å². The van der Waals surface area contributed by atoms with Gasteiger partial charge >= 0.3 is 6.09 Å². The molecule has 0 saturated carbocycles. The Morgan fingerprint density at radius 2 is 1.84 bits per heavy atom. The van der Waals surface area contributed by atoms with Crippen LogP contribution in [0.5, 0.6) is 5.75 Å². The van der Waals surface area contributed by atoms with Crippen LogP contribution in [-0.4, -0.2) is 41.3 Å². The predicted molar refractivity (Wildman–Crippen MR) is 118 cm³/mol. The Labute approximate surface area is 184 Å². The molecule has 0 spiro atoms. The first-order valence-electron chi connectivity index (χ1n) is 9.99. The number of rotatable bonds is 6. The fraction of sp³-hybridized carbons (Fsp3) is 0.261. The molecular formula is C23H22N2O5S. The van der Waals surface area contributed by atoms with E-state index in [1.54, 1.807) is 29.2 Å². The zero-order valence-electron chi connectivity index (χ0n) is 16.9. The smallest absolute Gasteiger partial charge is 0.410 e. The molecule has 2 fully saturated rings. The third kappa shape index (κ3) is 4.59. The van der Waals surface area contributed by atoms with Crippen LogP contribution in [0.1, 0.15) is 18.4 Å². The molecule has 0 N–H and O–H groups in total. The molecule has 3 amide bonds. The first-order chi connectivity index (χ1) is 15.0. The molecule has 8 heteroatoms. The van der Waals surface area contributed by atoms with Gasteiger partial charge in [-0.1, -0.05) is 49.0 Å². The van der Waals surface area contributed by atoms with Crippen LogP contribution in [0.3, 0.4) is 0 Å². The number of carbonyl (C=O) groups is 3. The van der Waals surface area contributed by atoms with Crippen LogP contribution in [0.25, 0.3) is 0 Å². The third-order valence-corrected chi connectivity index (χ3v) is 5.97. The van der Waals surface area contributed by atoms with Crippen molar-refractivity contribution in [2.45, 2.75) is 25.5 Å². The standard InChI is InChI=1S/C23H22N2O5S/c1-16-21(26)25(23(28)31-16)19-11-5-6-12-20(19)29-15-18-10-7-13-24(18)22(27)30-14-17-8-3-2-4-9-17/h2-6,8-9,11-12,18H,1,7,10,13-15H2/t18-/m0/s1. The minimum Gasteiger partial charge on any atom is -0.489 e. The summed E-state index contributed by atoms with van der Waals surface area (Å²) in [5, 5.41) is -0.405. The van der Waals surface area contributed by atoms with Crippen molar-refractivity contribution in [3.63, 3.8) is 0 Å². The van der Waals surface area contributed by atoms with Gasteiger partial charge in [-0.05, 0) is 42.3 Å². The second-order valence-electron chi connectivity index (χ2n) is 7.24. The number of carbonyl (C=O) groups excluding carboxylic acids is 3. The van der Waals surface area contributed by atoms with Gasteiger partial charge < -0.3 is 14.4 Å². The second kappa shape index (κ2) is 9.26. The van der Waals surface area contributed by atoms with E-state index < -0.39 is 11.1 Å². The summed E-state index contributed by atoms with van der Waals surface area (Å²) in [5.41, 5.74) is 1.30. The molecule has 31 heavy (non-hydrogen) atoms. The molecule has 2 heterocycles. The van der Waals surface area contributed by atoms with E-state index in [4.69, 9.17) is 9.47 Å². The zero-order chi connectivity index (χ0) is 21.8. The van der Waals surface area contributed by atoms with E-state index in [1.807, 2.05) is 30.3 Å². The molecule has 0 unspecified atom stereocenters. The van der Waals surface area contributed by atoms with Crippen molar-refractivity contribution >= 4 is 34.7 Å². The third-order valence-electron chi connectivity index (χ3n) is 5.19. The average molecular weight is 439 g/mol. The van der Waals surface area contributed by atoms with Crippen molar-refractivity contribution in [3.05, 3.63) is 71.6 Å². The maximum atomic E-state index is 12.6. The fourth-order valence-electron chi connectivity index (χ4n) is 3.61. The molecule has 0 aromatic heterocycles. The molecular weight excluding hydrogens is 416 g/mol. The molecule has 160 valence electrons. The monoisotopic (exact) mass is 438 g/mol. The minimum atomic E-state index is -0.446. The van der Waals surface area contributed by atoms with E-state index in [2.05, 4.69) is 6.58 Å². The molecule has 2 aliphatic rings. The summed E-state index contributed by atoms with van der Waals surface area (Å²) in [6.45, 7) is 4.67. The molecule has 2 aliphatic heterocycles. The lowest BCUT2D eigenvalue weighted by molar-refractivity contribution is -0.113. The van der Waals surface area contributed by atoms with Crippen molar-refractivity contribution in [1.82, 2.24) is 4.90 Å². The van der Waals surface area contributed by atoms with E-state index in [0.29, 0.717) is 18.0 Å². The predicted octanol–water partition coefficient (Wildman–Crippen LogP) is 4.58. The van der Waals surface area contributed by atoms with Gasteiger partial charge in [0.15, 0.2) is 0 Å². The topological polar surface area (TPSA) is 76.2 Å². The van der Waals surface area contributed by atoms with Crippen LogP contribution in [0.2, 0.25) is 0 Å². The van der Waals surface area contributed by atoms with Crippen molar-refractivity contribution in [2.75, 3.05) is 18.1 Å². The molecule has 2 saturated heterocycles. The Morgan fingerprint density at radius 1 is 1.10 bits per heavy atom. The lowest BCUT2D eigenvalue weighted by Crippen LogP contribution is -2.39. The SMILES string of the molecule is C=C1SC(=O)N(c2ccccc2OC[C@@H]2CCCN2C(=O)OCc2ccccc2)C1=O. The van der Waals surface area contributed by atoms with Gasteiger partial charge in [-0.15, -0.1) is 0 Å². The molecule has 7 nitrogen and oxygen atoms in total. The van der Waals surface area contributed by atoms with Crippen LogP contribution >= 0.6 is 11.8 Å². The number of thioether (sulfide) groups is 1. The maximum absolute atomic E-state index is 12.6. The van der Waals surface area contributed by atoms with E-state index in [1.165, 1.54) is 0 Å². The van der Waals surface area contributed by atoms with Gasteiger partial charge in [-0.2, -0.15) is 0 Å². The molecule has 1 atom stereocenters. The summed E-state index contributed by atoms with van der Waals surface area (Å²) >= 11 is 0.810. The number of para-hydroxylation sites is 2. The number of imide groups is 1. The number of anilines is 1. The van der Waals surface area contributed by atoms with E-state index in [0.717, 1.165) is 35.1 Å². The average Bonchev–Trinajstić information content (AvgIpc) is 3.35. The van der Waals surface area contributed by atoms with Gasteiger partial charge in [0, 0.05) is 6.54 Å². The Kier molecular flexibility index (Phi) is 6.27. The largest absolute Gasteiger partial charge is 0.489 e. The molecule has 0 aliphatic carbocycles. The number of hydrogen-bond donors (Lipinski definition) is 0. The van der Waals surface area contributed by atoms with E-state index in [-0.39, 0.29) is 30.3 Å².